The van der Waals surface area contributed by atoms with Crippen molar-refractivity contribution < 1.29 is 9.90 Å². The molecule has 4 bridgehead atoms. The number of carboxylic acids is 1. The third kappa shape index (κ3) is 4.05. The number of aliphatic carboxylic acids is 1. The number of hydrogen-bond acceptors (Lipinski definition) is 5. The summed E-state index contributed by atoms with van der Waals surface area (Å²) < 4.78 is 0. The molecule has 0 aromatic heterocycles. The highest BCUT2D eigenvalue weighted by atomic mass is 35.5. The van der Waals surface area contributed by atoms with Crippen molar-refractivity contribution in [3.05, 3.63) is 29.3 Å². The standard InChI is InChI=1S/C26H34ClN5O2/c1-25(2,32-9-7-31(8-10-32)21-5-3-20(27)4-6-21)23(29-16-28)30-22-18-11-17-12-19(22)15-26(13-17,14-18)24(33)34/h3-6,17-19,22H,7-15H2,1-2H3,(H,29,30)(H,33,34). The minimum Gasteiger partial charge on any atom is -0.481 e. The summed E-state index contributed by atoms with van der Waals surface area (Å²) in [6.07, 6.45) is 6.53. The number of hydrogen-bond donors (Lipinski definition) is 2. The van der Waals surface area contributed by atoms with Crippen molar-refractivity contribution in [3.8, 4) is 6.19 Å². The Bertz CT molecular complexity index is 993. The number of nitrogens with one attached hydrogen (secondary N) is 1. The fourth-order valence-electron chi connectivity index (χ4n) is 7.40. The zero-order valence-electron chi connectivity index (χ0n) is 20.0. The molecule has 1 aliphatic heterocycles. The van der Waals surface area contributed by atoms with Crippen molar-refractivity contribution in [3.63, 3.8) is 0 Å². The van der Waals surface area contributed by atoms with Crippen LogP contribution >= 0.6 is 11.6 Å². The van der Waals surface area contributed by atoms with E-state index >= 15 is 0 Å². The van der Waals surface area contributed by atoms with Crippen molar-refractivity contribution in [2.45, 2.75) is 57.5 Å². The molecule has 4 aliphatic carbocycles. The fourth-order valence-corrected chi connectivity index (χ4v) is 7.53. The van der Waals surface area contributed by atoms with Gasteiger partial charge in [0, 0.05) is 42.9 Å². The van der Waals surface area contributed by atoms with Crippen LogP contribution in [0.25, 0.3) is 0 Å². The number of benzene rings is 1. The van der Waals surface area contributed by atoms with E-state index in [1.165, 1.54) is 5.69 Å². The van der Waals surface area contributed by atoms with Crippen LogP contribution in [0.15, 0.2) is 29.3 Å². The number of nitrogens with zero attached hydrogens (tertiary/aromatic N) is 4. The fraction of sp³-hybridized carbons (Fsp3) is 0.654. The molecule has 7 nitrogen and oxygen atoms in total. The highest BCUT2D eigenvalue weighted by Gasteiger charge is 2.59. The van der Waals surface area contributed by atoms with Crippen LogP contribution in [0.4, 0.5) is 5.69 Å². The van der Waals surface area contributed by atoms with Crippen molar-refractivity contribution in [1.29, 1.82) is 5.26 Å². The van der Waals surface area contributed by atoms with E-state index in [4.69, 9.17) is 11.6 Å². The van der Waals surface area contributed by atoms with E-state index in [0.29, 0.717) is 17.8 Å². The quantitative estimate of drug-likeness (QED) is 0.374. The second-order valence-corrected chi connectivity index (χ2v) is 11.7. The lowest BCUT2D eigenvalue weighted by atomic mass is 9.48. The summed E-state index contributed by atoms with van der Waals surface area (Å²) in [6.45, 7) is 7.80. The van der Waals surface area contributed by atoms with Crippen LogP contribution in [0.2, 0.25) is 5.02 Å². The van der Waals surface area contributed by atoms with Crippen LogP contribution < -0.4 is 10.2 Å². The highest BCUT2D eigenvalue weighted by molar-refractivity contribution is 6.30. The predicted octanol–water partition coefficient (Wildman–Crippen LogP) is 3.99. The van der Waals surface area contributed by atoms with Crippen LogP contribution in [-0.2, 0) is 4.79 Å². The van der Waals surface area contributed by atoms with Gasteiger partial charge in [-0.2, -0.15) is 10.3 Å². The number of anilines is 1. The SMILES string of the molecule is CC(C)(/C(=N/C#N)NC1C2CC3CC1CC(C(=O)O)(C3)C2)N1CCN(c2ccc(Cl)cc2)CC1. The van der Waals surface area contributed by atoms with E-state index in [-0.39, 0.29) is 6.04 Å². The molecule has 1 saturated heterocycles. The molecular formula is C26H34ClN5O2. The van der Waals surface area contributed by atoms with E-state index in [1.807, 2.05) is 18.3 Å². The molecule has 2 N–H and O–H groups in total. The van der Waals surface area contributed by atoms with Gasteiger partial charge in [-0.15, -0.1) is 0 Å². The smallest absolute Gasteiger partial charge is 0.309 e. The maximum Gasteiger partial charge on any atom is 0.309 e. The number of piperazine rings is 1. The minimum atomic E-state index is -0.616. The Morgan fingerprint density at radius 3 is 2.32 bits per heavy atom. The molecule has 2 atom stereocenters. The van der Waals surface area contributed by atoms with Crippen LogP contribution in [0.1, 0.15) is 46.0 Å². The number of amidine groups is 1. The van der Waals surface area contributed by atoms with Gasteiger partial charge in [-0.05, 0) is 88.0 Å². The van der Waals surface area contributed by atoms with Crippen LogP contribution in [0.3, 0.4) is 0 Å². The zero-order valence-corrected chi connectivity index (χ0v) is 20.8. The summed E-state index contributed by atoms with van der Waals surface area (Å²) in [6, 6.07) is 8.17. The van der Waals surface area contributed by atoms with E-state index in [2.05, 4.69) is 46.1 Å². The highest BCUT2D eigenvalue weighted by Crippen LogP contribution is 2.60. The Kier molecular flexibility index (Phi) is 6.02. The van der Waals surface area contributed by atoms with Gasteiger partial charge in [-0.1, -0.05) is 11.6 Å². The van der Waals surface area contributed by atoms with Crippen LogP contribution in [-0.4, -0.2) is 59.6 Å². The molecule has 0 amide bonds. The van der Waals surface area contributed by atoms with Gasteiger partial charge in [0.2, 0.25) is 6.19 Å². The number of aliphatic imine (C=N–C) groups is 1. The van der Waals surface area contributed by atoms with Crippen LogP contribution in [0, 0.1) is 34.6 Å². The third-order valence-corrected chi connectivity index (χ3v) is 9.29. The summed E-state index contributed by atoms with van der Waals surface area (Å²) in [5, 5.41) is 23.9. The summed E-state index contributed by atoms with van der Waals surface area (Å²) in [5.74, 6) is 1.30. The summed E-state index contributed by atoms with van der Waals surface area (Å²) >= 11 is 6.04. The van der Waals surface area contributed by atoms with Crippen molar-refractivity contribution in [2.24, 2.45) is 28.2 Å². The van der Waals surface area contributed by atoms with Crippen molar-refractivity contribution in [1.82, 2.24) is 10.2 Å². The molecule has 0 radical (unpaired) electrons. The Morgan fingerprint density at radius 2 is 1.76 bits per heavy atom. The molecule has 34 heavy (non-hydrogen) atoms. The van der Waals surface area contributed by atoms with Gasteiger partial charge in [0.1, 0.15) is 5.84 Å². The van der Waals surface area contributed by atoms with Gasteiger partial charge in [-0.25, -0.2) is 0 Å². The van der Waals surface area contributed by atoms with Gasteiger partial charge < -0.3 is 15.3 Å². The molecule has 6 rings (SSSR count). The summed E-state index contributed by atoms with van der Waals surface area (Å²) in [5.41, 5.74) is 0.224. The van der Waals surface area contributed by atoms with Crippen molar-refractivity contribution >= 4 is 29.1 Å². The molecule has 1 heterocycles. The Hall–Kier alpha value is -2.30. The van der Waals surface area contributed by atoms with Gasteiger partial charge in [0.05, 0.1) is 11.0 Å². The lowest BCUT2D eigenvalue weighted by Crippen LogP contribution is -2.66. The predicted molar refractivity (Wildman–Crippen MR) is 133 cm³/mol. The first-order valence-corrected chi connectivity index (χ1v) is 12.8. The van der Waals surface area contributed by atoms with Gasteiger partial charge in [0.25, 0.3) is 0 Å². The van der Waals surface area contributed by atoms with Crippen molar-refractivity contribution in [2.75, 3.05) is 31.1 Å². The number of carboxylic acid groups (broad SMARTS) is 1. The summed E-state index contributed by atoms with van der Waals surface area (Å²) in [4.78, 5) is 21.1. The Morgan fingerprint density at radius 1 is 1.15 bits per heavy atom. The number of halogens is 1. The molecule has 2 unspecified atom stereocenters. The second-order valence-electron chi connectivity index (χ2n) is 11.3. The van der Waals surface area contributed by atoms with E-state index < -0.39 is 16.9 Å². The molecular weight excluding hydrogens is 450 g/mol. The molecule has 0 spiro atoms. The van der Waals surface area contributed by atoms with Gasteiger partial charge in [-0.3, -0.25) is 9.69 Å². The normalized spacial score (nSPS) is 33.6. The van der Waals surface area contributed by atoms with E-state index in [1.54, 1.807) is 0 Å². The lowest BCUT2D eigenvalue weighted by Gasteiger charge is -2.59. The molecule has 5 aliphatic rings. The summed E-state index contributed by atoms with van der Waals surface area (Å²) in [7, 11) is 0. The zero-order chi connectivity index (χ0) is 24.1. The lowest BCUT2D eigenvalue weighted by molar-refractivity contribution is -0.166. The molecule has 4 saturated carbocycles. The maximum atomic E-state index is 12.1. The number of carbonyl (C=O) groups is 1. The first kappa shape index (κ1) is 23.4. The van der Waals surface area contributed by atoms with Gasteiger partial charge >= 0.3 is 5.97 Å². The number of nitriles is 1. The van der Waals surface area contributed by atoms with E-state index in [9.17, 15) is 15.2 Å². The first-order valence-electron chi connectivity index (χ1n) is 12.4. The Balaban J connectivity index is 1.28. The second kappa shape index (κ2) is 8.73. The Labute approximate surface area is 206 Å². The van der Waals surface area contributed by atoms with Crippen LogP contribution in [0.5, 0.6) is 0 Å². The molecule has 1 aromatic carbocycles. The average Bonchev–Trinajstić information content (AvgIpc) is 2.81. The maximum absolute atomic E-state index is 12.1. The average molecular weight is 484 g/mol. The topological polar surface area (TPSA) is 92.0 Å². The molecule has 8 heteroatoms. The first-order chi connectivity index (χ1) is 16.2. The molecule has 5 fully saturated rings. The van der Waals surface area contributed by atoms with Gasteiger partial charge in [0.15, 0.2) is 0 Å². The monoisotopic (exact) mass is 483 g/mol. The third-order valence-electron chi connectivity index (χ3n) is 9.03. The molecule has 1 aromatic rings. The number of rotatable bonds is 5. The minimum absolute atomic E-state index is 0.200. The largest absolute Gasteiger partial charge is 0.481 e. The molecule has 182 valence electrons. The van der Waals surface area contributed by atoms with E-state index in [0.717, 1.165) is 69.1 Å².